The maximum atomic E-state index is 6.07. The molecule has 0 aliphatic carbocycles. The van der Waals surface area contributed by atoms with Crippen molar-refractivity contribution in [3.63, 3.8) is 0 Å². The van der Waals surface area contributed by atoms with Gasteiger partial charge < -0.3 is 4.90 Å². The van der Waals surface area contributed by atoms with Gasteiger partial charge in [-0.25, -0.2) is 0 Å². The van der Waals surface area contributed by atoms with Gasteiger partial charge in [0.2, 0.25) is 0 Å². The largest absolute Gasteiger partial charge is 0.369 e. The van der Waals surface area contributed by atoms with E-state index in [0.717, 1.165) is 17.9 Å². The normalized spacial score (nSPS) is 18.0. The van der Waals surface area contributed by atoms with Gasteiger partial charge in [0.05, 0.1) is 0 Å². The summed E-state index contributed by atoms with van der Waals surface area (Å²) in [5.41, 5.74) is 2.66. The summed E-state index contributed by atoms with van der Waals surface area (Å²) in [6.45, 7) is 7.79. The first-order chi connectivity index (χ1) is 12.7. The van der Waals surface area contributed by atoms with Gasteiger partial charge in [-0.1, -0.05) is 81.5 Å². The van der Waals surface area contributed by atoms with Crippen molar-refractivity contribution < 1.29 is 0 Å². The van der Waals surface area contributed by atoms with Gasteiger partial charge in [0.15, 0.2) is 0 Å². The van der Waals surface area contributed by atoms with Crippen molar-refractivity contribution in [3.05, 3.63) is 59.3 Å². The van der Waals surface area contributed by atoms with Crippen LogP contribution in [-0.4, -0.2) is 17.5 Å². The number of nitrogens with zero attached hydrogens (tertiary/aromatic N) is 1. The lowest BCUT2D eigenvalue weighted by Gasteiger charge is -2.37. The third kappa shape index (κ3) is 7.58. The van der Waals surface area contributed by atoms with Crippen molar-refractivity contribution in [2.24, 2.45) is 0 Å². The summed E-state index contributed by atoms with van der Waals surface area (Å²) in [7, 11) is 0. The predicted molar refractivity (Wildman–Crippen MR) is 116 cm³/mol. The Kier molecular flexibility index (Phi) is 9.92. The molecule has 1 aliphatic rings. The highest BCUT2D eigenvalue weighted by atomic mass is 35.5. The number of likely N-dealkylation sites (tertiary alicyclic amines) is 1. The minimum absolute atomic E-state index is 0.547. The van der Waals surface area contributed by atoms with Crippen LogP contribution in [0.25, 0.3) is 0 Å². The third-order valence-electron chi connectivity index (χ3n) is 5.37. The van der Waals surface area contributed by atoms with Crippen LogP contribution in [0, 0.1) is 0 Å². The van der Waals surface area contributed by atoms with Crippen molar-refractivity contribution in [3.8, 4) is 0 Å². The number of aryl methyl sites for hydroxylation is 1. The van der Waals surface area contributed by atoms with Crippen molar-refractivity contribution >= 4 is 11.6 Å². The average molecular weight is 374 g/mol. The number of allylic oxidation sites excluding steroid dienone is 2. The SMILES string of the molecule is C=C1CCCC(/C=C/CCc2cccc(Cl)c2)N1CCCCCCCC. The number of halogens is 1. The lowest BCUT2D eigenvalue weighted by Crippen LogP contribution is -2.36. The smallest absolute Gasteiger partial charge is 0.0470 e. The fraction of sp³-hybridized carbons (Fsp3) is 0.583. The second-order valence-electron chi connectivity index (χ2n) is 7.58. The Balaban J connectivity index is 1.76. The number of unbranched alkanes of at least 4 members (excludes halogenated alkanes) is 5. The molecule has 0 bridgehead atoms. The van der Waals surface area contributed by atoms with Crippen LogP contribution in [0.4, 0.5) is 0 Å². The van der Waals surface area contributed by atoms with Gasteiger partial charge in [0.1, 0.15) is 0 Å². The molecular formula is C24H36ClN. The molecule has 1 aromatic rings. The minimum atomic E-state index is 0.547. The molecule has 1 fully saturated rings. The highest BCUT2D eigenvalue weighted by Gasteiger charge is 2.21. The molecule has 2 rings (SSSR count). The van der Waals surface area contributed by atoms with Crippen LogP contribution in [0.2, 0.25) is 5.02 Å². The molecule has 0 spiro atoms. The zero-order chi connectivity index (χ0) is 18.6. The first-order valence-electron chi connectivity index (χ1n) is 10.6. The fourth-order valence-corrected chi connectivity index (χ4v) is 4.04. The van der Waals surface area contributed by atoms with Crippen LogP contribution in [0.5, 0.6) is 0 Å². The zero-order valence-electron chi connectivity index (χ0n) is 16.6. The molecule has 0 saturated carbocycles. The zero-order valence-corrected chi connectivity index (χ0v) is 17.3. The van der Waals surface area contributed by atoms with Crippen LogP contribution < -0.4 is 0 Å². The van der Waals surface area contributed by atoms with Crippen molar-refractivity contribution in [1.82, 2.24) is 4.90 Å². The summed E-state index contributed by atoms with van der Waals surface area (Å²) < 4.78 is 0. The first kappa shape index (κ1) is 21.1. The molecule has 1 aromatic carbocycles. The second-order valence-corrected chi connectivity index (χ2v) is 8.02. The fourth-order valence-electron chi connectivity index (χ4n) is 3.83. The number of hydrogen-bond donors (Lipinski definition) is 0. The predicted octanol–water partition coefficient (Wildman–Crippen LogP) is 7.56. The van der Waals surface area contributed by atoms with Crippen LogP contribution in [0.15, 0.2) is 48.7 Å². The molecule has 1 atom stereocenters. The summed E-state index contributed by atoms with van der Waals surface area (Å²) in [6, 6.07) is 8.75. The monoisotopic (exact) mass is 373 g/mol. The molecule has 144 valence electrons. The van der Waals surface area contributed by atoms with E-state index in [1.165, 1.54) is 75.6 Å². The van der Waals surface area contributed by atoms with E-state index in [9.17, 15) is 0 Å². The van der Waals surface area contributed by atoms with Gasteiger partial charge in [-0.2, -0.15) is 0 Å². The van der Waals surface area contributed by atoms with Crippen LogP contribution in [0.1, 0.15) is 76.7 Å². The summed E-state index contributed by atoms with van der Waals surface area (Å²) >= 11 is 6.07. The Labute approximate surface area is 166 Å². The van der Waals surface area contributed by atoms with Gasteiger partial charge in [0, 0.05) is 23.3 Å². The summed E-state index contributed by atoms with van der Waals surface area (Å²) in [5.74, 6) is 0. The lowest BCUT2D eigenvalue weighted by molar-refractivity contribution is 0.231. The van der Waals surface area contributed by atoms with Crippen molar-refractivity contribution in [1.29, 1.82) is 0 Å². The molecule has 1 nitrogen and oxygen atoms in total. The van der Waals surface area contributed by atoms with Gasteiger partial charge >= 0.3 is 0 Å². The highest BCUT2D eigenvalue weighted by Crippen LogP contribution is 2.26. The van der Waals surface area contributed by atoms with Crippen molar-refractivity contribution in [2.75, 3.05) is 6.54 Å². The summed E-state index contributed by atoms with van der Waals surface area (Å²) in [4.78, 5) is 2.57. The van der Waals surface area contributed by atoms with Gasteiger partial charge in [-0.15, -0.1) is 0 Å². The highest BCUT2D eigenvalue weighted by molar-refractivity contribution is 6.30. The van der Waals surface area contributed by atoms with Crippen LogP contribution in [-0.2, 0) is 6.42 Å². The van der Waals surface area contributed by atoms with E-state index in [1.807, 2.05) is 12.1 Å². The summed E-state index contributed by atoms with van der Waals surface area (Å²) in [6.07, 6.45) is 18.8. The van der Waals surface area contributed by atoms with E-state index in [-0.39, 0.29) is 0 Å². The quantitative estimate of drug-likeness (QED) is 0.285. The maximum Gasteiger partial charge on any atom is 0.0470 e. The van der Waals surface area contributed by atoms with Gasteiger partial charge in [-0.3, -0.25) is 0 Å². The minimum Gasteiger partial charge on any atom is -0.369 e. The van der Waals surface area contributed by atoms with Crippen molar-refractivity contribution in [2.45, 2.75) is 83.6 Å². The molecule has 1 aliphatic heterocycles. The average Bonchev–Trinajstić information content (AvgIpc) is 2.63. The van der Waals surface area contributed by atoms with Crippen LogP contribution in [0.3, 0.4) is 0 Å². The standard InChI is InChI=1S/C24H36ClN/c1-3-4-5-6-7-10-19-26-21(2)13-11-18-24(26)17-9-8-14-22-15-12-16-23(25)20-22/h9,12,15-17,20,24H,2-8,10-11,13-14,18-19H2,1H3/b17-9+. The number of benzene rings is 1. The van der Waals surface area contributed by atoms with Crippen LogP contribution >= 0.6 is 11.6 Å². The van der Waals surface area contributed by atoms with E-state index >= 15 is 0 Å². The Hall–Kier alpha value is -1.21. The lowest BCUT2D eigenvalue weighted by atomic mass is 9.98. The topological polar surface area (TPSA) is 3.24 Å². The number of piperidine rings is 1. The molecule has 1 saturated heterocycles. The van der Waals surface area contributed by atoms with E-state index < -0.39 is 0 Å². The molecule has 0 aromatic heterocycles. The third-order valence-corrected chi connectivity index (χ3v) is 5.61. The molecular weight excluding hydrogens is 338 g/mol. The van der Waals surface area contributed by atoms with E-state index in [0.29, 0.717) is 6.04 Å². The van der Waals surface area contributed by atoms with Gasteiger partial charge in [-0.05, 0) is 56.2 Å². The Bertz CT molecular complexity index is 563. The number of rotatable bonds is 11. The molecule has 26 heavy (non-hydrogen) atoms. The Morgan fingerprint density at radius 2 is 2.00 bits per heavy atom. The molecule has 1 heterocycles. The second kappa shape index (κ2) is 12.2. The number of hydrogen-bond acceptors (Lipinski definition) is 1. The molecule has 0 N–H and O–H groups in total. The molecule has 0 radical (unpaired) electrons. The van der Waals surface area contributed by atoms with Gasteiger partial charge in [0.25, 0.3) is 0 Å². The molecule has 2 heteroatoms. The summed E-state index contributed by atoms with van der Waals surface area (Å²) in [5, 5.41) is 0.833. The first-order valence-corrected chi connectivity index (χ1v) is 10.9. The van der Waals surface area contributed by atoms with E-state index in [4.69, 9.17) is 11.6 Å². The Morgan fingerprint density at radius 1 is 1.19 bits per heavy atom. The maximum absolute atomic E-state index is 6.07. The van der Waals surface area contributed by atoms with E-state index in [1.54, 1.807) is 0 Å². The van der Waals surface area contributed by atoms with E-state index in [2.05, 4.69) is 42.7 Å². The molecule has 1 unspecified atom stereocenters. The Morgan fingerprint density at radius 3 is 2.81 bits per heavy atom. The molecule has 0 amide bonds.